The van der Waals surface area contributed by atoms with Gasteiger partial charge in [0.2, 0.25) is 0 Å². The minimum atomic E-state index is -1.14. The number of aromatic nitrogens is 2. The van der Waals surface area contributed by atoms with Gasteiger partial charge in [0.15, 0.2) is 0 Å². The van der Waals surface area contributed by atoms with Gasteiger partial charge in [0.05, 0.1) is 24.7 Å². The van der Waals surface area contributed by atoms with Crippen molar-refractivity contribution in [3.63, 3.8) is 0 Å². The number of aliphatic carboxylic acids is 1. The fourth-order valence-electron chi connectivity index (χ4n) is 7.18. The van der Waals surface area contributed by atoms with Crippen LogP contribution in [-0.2, 0) is 24.1 Å². The minimum Gasteiger partial charge on any atom is -0.507 e. The number of fused-ring (bicyclic) bond motifs is 4. The molecule has 8 rings (SSSR count). The number of aromatic hydroxyl groups is 1. The van der Waals surface area contributed by atoms with Gasteiger partial charge in [0.25, 0.3) is 5.91 Å². The Kier molecular flexibility index (Phi) is 9.82. The number of methoxy groups -OCH3 is 1. The van der Waals surface area contributed by atoms with Crippen LogP contribution in [0.25, 0.3) is 39.0 Å². The molecule has 0 fully saturated rings. The lowest BCUT2D eigenvalue weighted by Gasteiger charge is -2.20. The molecule has 7 aromatic rings. The van der Waals surface area contributed by atoms with E-state index in [0.717, 1.165) is 35.5 Å². The molecule has 54 heavy (non-hydrogen) atoms. The fourth-order valence-corrected chi connectivity index (χ4v) is 7.31. The maximum atomic E-state index is 13.0. The lowest BCUT2D eigenvalue weighted by Crippen LogP contribution is -2.14. The van der Waals surface area contributed by atoms with Crippen molar-refractivity contribution >= 4 is 40.3 Å². The molecule has 0 saturated heterocycles. The smallest absolute Gasteiger partial charge is 0.339 e. The number of aromatic carboxylic acids is 1. The Balaban J connectivity index is 0.000000169. The quantitative estimate of drug-likeness (QED) is 0.149. The Labute approximate surface area is 315 Å². The largest absolute Gasteiger partial charge is 0.507 e. The van der Waals surface area contributed by atoms with Gasteiger partial charge in [0, 0.05) is 38.6 Å². The van der Waals surface area contributed by atoms with E-state index in [2.05, 4.69) is 47.0 Å². The van der Waals surface area contributed by atoms with Crippen molar-refractivity contribution < 1.29 is 34.4 Å². The number of hydrogen-bond acceptors (Lipinski definition) is 5. The van der Waals surface area contributed by atoms with E-state index in [-0.39, 0.29) is 23.6 Å². The Bertz CT molecular complexity index is 2570. The lowest BCUT2D eigenvalue weighted by atomic mass is 9.90. The van der Waals surface area contributed by atoms with Gasteiger partial charge in [-0.1, -0.05) is 66.2 Å². The van der Waals surface area contributed by atoms with Gasteiger partial charge in [-0.3, -0.25) is 14.2 Å². The van der Waals surface area contributed by atoms with Crippen LogP contribution in [0.4, 0.5) is 0 Å². The number of benzene rings is 5. The average Bonchev–Trinajstić information content (AvgIpc) is 3.70. The number of hydrogen-bond donors (Lipinski definition) is 3. The number of carbonyl (C=O) groups excluding carboxylic acids is 1. The standard InChI is InChI=1S/C25H19NO3.C19H16ClNO4/c27-24-13-11-18(14-21(24)25(28)29)26-22-12-10-16-6-4-5-9-19(16)20(22)15-23(26)17-7-2-1-3-8-17;1-11-15(10-18(22)23)16-9-14(25-2)7-8-17(16)21(11)19(24)12-3-5-13(20)6-4-12/h1-9,11,13-15,27H,10,12H2,(H,28,29);3-9H,10H2,1-2H3,(H,22,23). The van der Waals surface area contributed by atoms with Crippen molar-refractivity contribution in [1.82, 2.24) is 9.13 Å². The Hall–Kier alpha value is -6.58. The van der Waals surface area contributed by atoms with Crippen LogP contribution in [0.3, 0.4) is 0 Å². The molecule has 0 aliphatic heterocycles. The zero-order valence-corrected chi connectivity index (χ0v) is 30.2. The van der Waals surface area contributed by atoms with Crippen molar-refractivity contribution in [2.45, 2.75) is 26.2 Å². The van der Waals surface area contributed by atoms with Crippen LogP contribution in [-0.4, -0.2) is 49.4 Å². The maximum absolute atomic E-state index is 13.0. The molecule has 0 unspecified atom stereocenters. The first-order chi connectivity index (χ1) is 26.0. The first-order valence-electron chi connectivity index (χ1n) is 17.2. The monoisotopic (exact) mass is 738 g/mol. The van der Waals surface area contributed by atoms with Crippen molar-refractivity contribution in [1.29, 1.82) is 0 Å². The highest BCUT2D eigenvalue weighted by molar-refractivity contribution is 6.30. The van der Waals surface area contributed by atoms with Crippen molar-refractivity contribution in [3.05, 3.63) is 160 Å². The number of nitrogens with zero attached hydrogens (tertiary/aromatic N) is 2. The van der Waals surface area contributed by atoms with Crippen LogP contribution in [0.5, 0.6) is 11.5 Å². The molecule has 2 heterocycles. The molecule has 0 saturated carbocycles. The SMILES string of the molecule is COc1ccc2c(c1)c(CC(=O)O)c(C)n2C(=O)c1ccc(Cl)cc1.O=C(O)c1cc(-n2c(-c3ccccc3)cc3c2CCc2ccccc2-3)ccc1O. The van der Waals surface area contributed by atoms with Crippen molar-refractivity contribution in [3.8, 4) is 39.6 Å². The Morgan fingerprint density at radius 3 is 2.22 bits per heavy atom. The van der Waals surface area contributed by atoms with Gasteiger partial charge in [-0.15, -0.1) is 0 Å². The highest BCUT2D eigenvalue weighted by Gasteiger charge is 2.25. The third kappa shape index (κ3) is 6.73. The van der Waals surface area contributed by atoms with Gasteiger partial charge >= 0.3 is 11.9 Å². The predicted molar refractivity (Wildman–Crippen MR) is 208 cm³/mol. The summed E-state index contributed by atoms with van der Waals surface area (Å²) in [6.45, 7) is 1.75. The number of carbonyl (C=O) groups is 3. The van der Waals surface area contributed by atoms with E-state index in [4.69, 9.17) is 16.3 Å². The van der Waals surface area contributed by atoms with E-state index >= 15 is 0 Å². The number of aryl methyl sites for hydroxylation is 1. The van der Waals surface area contributed by atoms with Crippen molar-refractivity contribution in [2.24, 2.45) is 0 Å². The minimum absolute atomic E-state index is 0.0971. The molecule has 0 spiro atoms. The molecule has 1 aliphatic carbocycles. The summed E-state index contributed by atoms with van der Waals surface area (Å²) in [6.07, 6.45) is 1.63. The highest BCUT2D eigenvalue weighted by Crippen LogP contribution is 2.41. The van der Waals surface area contributed by atoms with Gasteiger partial charge in [-0.05, 0) is 109 Å². The summed E-state index contributed by atoms with van der Waals surface area (Å²) in [4.78, 5) is 35.8. The summed E-state index contributed by atoms with van der Waals surface area (Å²) in [5.74, 6) is -1.95. The van der Waals surface area contributed by atoms with E-state index < -0.39 is 11.9 Å². The molecule has 3 N–H and O–H groups in total. The van der Waals surface area contributed by atoms with E-state index in [0.29, 0.717) is 38.5 Å². The second kappa shape index (κ2) is 14.8. The number of halogens is 1. The molecule has 0 radical (unpaired) electrons. The van der Waals surface area contributed by atoms with Crippen molar-refractivity contribution in [2.75, 3.05) is 7.11 Å². The topological polar surface area (TPSA) is 131 Å². The van der Waals surface area contributed by atoms with E-state index in [1.165, 1.54) is 27.3 Å². The van der Waals surface area contributed by atoms with Crippen LogP contribution in [0.2, 0.25) is 5.02 Å². The third-order valence-electron chi connectivity index (χ3n) is 9.74. The highest BCUT2D eigenvalue weighted by atomic mass is 35.5. The first-order valence-corrected chi connectivity index (χ1v) is 17.6. The van der Waals surface area contributed by atoms with Crippen LogP contribution in [0.15, 0.2) is 121 Å². The van der Waals surface area contributed by atoms with E-state index in [1.807, 2.05) is 18.2 Å². The zero-order chi connectivity index (χ0) is 38.1. The number of carboxylic acid groups (broad SMARTS) is 2. The predicted octanol–water partition coefficient (Wildman–Crippen LogP) is 9.24. The Morgan fingerprint density at radius 1 is 0.796 bits per heavy atom. The summed E-state index contributed by atoms with van der Waals surface area (Å²) in [7, 11) is 1.54. The Morgan fingerprint density at radius 2 is 1.52 bits per heavy atom. The van der Waals surface area contributed by atoms with Crippen LogP contribution in [0, 0.1) is 6.92 Å². The second-order valence-corrected chi connectivity index (χ2v) is 13.4. The lowest BCUT2D eigenvalue weighted by molar-refractivity contribution is -0.136. The van der Waals surface area contributed by atoms with E-state index in [1.54, 1.807) is 68.6 Å². The molecule has 1 aliphatic rings. The van der Waals surface area contributed by atoms with Gasteiger partial charge in [0.1, 0.15) is 17.1 Å². The summed E-state index contributed by atoms with van der Waals surface area (Å²) in [5.41, 5.74) is 9.92. The maximum Gasteiger partial charge on any atom is 0.339 e. The fraction of sp³-hybridized carbons (Fsp3) is 0.114. The summed E-state index contributed by atoms with van der Waals surface area (Å²) < 4.78 is 8.90. The molecule has 2 aromatic heterocycles. The zero-order valence-electron chi connectivity index (χ0n) is 29.4. The molecule has 0 atom stereocenters. The molecule has 0 amide bonds. The molecule has 5 aromatic carbocycles. The molecular weight excluding hydrogens is 704 g/mol. The average molecular weight is 739 g/mol. The van der Waals surface area contributed by atoms with Gasteiger partial charge in [-0.2, -0.15) is 0 Å². The van der Waals surface area contributed by atoms with Gasteiger partial charge in [-0.25, -0.2) is 4.79 Å². The summed E-state index contributed by atoms with van der Waals surface area (Å²) >= 11 is 5.89. The van der Waals surface area contributed by atoms with Crippen LogP contribution >= 0.6 is 11.6 Å². The van der Waals surface area contributed by atoms with Gasteiger partial charge < -0.3 is 24.6 Å². The van der Waals surface area contributed by atoms with Crippen LogP contribution < -0.4 is 4.74 Å². The summed E-state index contributed by atoms with van der Waals surface area (Å²) in [6, 6.07) is 37.4. The number of phenols is 1. The molecule has 0 bridgehead atoms. The normalized spacial score (nSPS) is 11.6. The van der Waals surface area contributed by atoms with Crippen LogP contribution in [0.1, 0.15) is 43.2 Å². The second-order valence-electron chi connectivity index (χ2n) is 12.9. The molecule has 10 heteroatoms. The third-order valence-corrected chi connectivity index (χ3v) is 10.00. The molecule has 9 nitrogen and oxygen atoms in total. The number of rotatable bonds is 7. The summed E-state index contributed by atoms with van der Waals surface area (Å²) in [5, 5.41) is 29.9. The number of ether oxygens (including phenoxy) is 1. The molecular formula is C44H35ClN2O7. The number of carboxylic acids is 2. The molecule has 270 valence electrons. The first kappa shape index (κ1) is 35.8. The van der Waals surface area contributed by atoms with E-state index in [9.17, 15) is 29.7 Å².